The van der Waals surface area contributed by atoms with Crippen molar-refractivity contribution in [3.63, 3.8) is 0 Å². The normalized spacial score (nSPS) is 10.1. The van der Waals surface area contributed by atoms with E-state index in [1.807, 2.05) is 18.2 Å². The third-order valence-corrected chi connectivity index (χ3v) is 2.99. The molecule has 0 unspecified atom stereocenters. The van der Waals surface area contributed by atoms with Crippen LogP contribution in [0.1, 0.15) is 29.4 Å². The number of aromatic nitrogens is 2. The number of anilines is 1. The highest BCUT2D eigenvalue weighted by Gasteiger charge is 2.11. The standard InChI is InChI=1S/C16H20N4O/c1-2-9-18-15-14(7-5-11-19-15)16(21)20-12-8-13-6-3-4-10-17-13/h3-7,10-11H,2,8-9,12H2,1H3,(H,18,19)(H,20,21). The smallest absolute Gasteiger partial charge is 0.255 e. The number of hydrogen-bond acceptors (Lipinski definition) is 4. The molecule has 0 bridgehead atoms. The minimum Gasteiger partial charge on any atom is -0.369 e. The molecule has 0 aromatic carbocycles. The van der Waals surface area contributed by atoms with Crippen molar-refractivity contribution < 1.29 is 4.79 Å². The number of hydrogen-bond donors (Lipinski definition) is 2. The first-order valence-electron chi connectivity index (χ1n) is 7.18. The van der Waals surface area contributed by atoms with Gasteiger partial charge in [-0.15, -0.1) is 0 Å². The summed E-state index contributed by atoms with van der Waals surface area (Å²) < 4.78 is 0. The van der Waals surface area contributed by atoms with Crippen molar-refractivity contribution in [3.05, 3.63) is 54.0 Å². The molecule has 110 valence electrons. The Hall–Kier alpha value is -2.43. The topological polar surface area (TPSA) is 66.9 Å². The van der Waals surface area contributed by atoms with Crippen LogP contribution in [0.25, 0.3) is 0 Å². The molecule has 2 rings (SSSR count). The Labute approximate surface area is 124 Å². The number of nitrogens with one attached hydrogen (secondary N) is 2. The molecule has 1 amide bonds. The minimum atomic E-state index is -0.113. The van der Waals surface area contributed by atoms with Crippen LogP contribution in [-0.2, 0) is 6.42 Å². The van der Waals surface area contributed by atoms with E-state index in [4.69, 9.17) is 0 Å². The zero-order chi connectivity index (χ0) is 14.9. The van der Waals surface area contributed by atoms with Crippen LogP contribution in [0, 0.1) is 0 Å². The Bertz CT molecular complexity index is 571. The number of nitrogens with zero attached hydrogens (tertiary/aromatic N) is 2. The molecule has 0 fully saturated rings. The fourth-order valence-electron chi connectivity index (χ4n) is 1.92. The summed E-state index contributed by atoms with van der Waals surface area (Å²) in [4.78, 5) is 20.7. The molecule has 0 aliphatic heterocycles. The van der Waals surface area contributed by atoms with Gasteiger partial charge in [-0.05, 0) is 30.7 Å². The lowest BCUT2D eigenvalue weighted by molar-refractivity contribution is 0.0954. The van der Waals surface area contributed by atoms with Crippen molar-refractivity contribution in [1.29, 1.82) is 0 Å². The van der Waals surface area contributed by atoms with Crippen LogP contribution >= 0.6 is 0 Å². The van der Waals surface area contributed by atoms with Gasteiger partial charge in [-0.2, -0.15) is 0 Å². The molecule has 0 spiro atoms. The Morgan fingerprint density at radius 1 is 1.10 bits per heavy atom. The Morgan fingerprint density at radius 3 is 2.71 bits per heavy atom. The van der Waals surface area contributed by atoms with Crippen LogP contribution in [0.5, 0.6) is 0 Å². The van der Waals surface area contributed by atoms with Crippen LogP contribution in [0.2, 0.25) is 0 Å². The fraction of sp³-hybridized carbons (Fsp3) is 0.312. The van der Waals surface area contributed by atoms with E-state index in [1.165, 1.54) is 0 Å². The van der Waals surface area contributed by atoms with Crippen molar-refractivity contribution in [1.82, 2.24) is 15.3 Å². The van der Waals surface area contributed by atoms with Crippen molar-refractivity contribution in [2.24, 2.45) is 0 Å². The zero-order valence-electron chi connectivity index (χ0n) is 12.2. The SMILES string of the molecule is CCCNc1ncccc1C(=O)NCCc1ccccn1. The maximum atomic E-state index is 12.2. The molecule has 2 heterocycles. The average Bonchev–Trinajstić information content (AvgIpc) is 2.54. The van der Waals surface area contributed by atoms with Crippen LogP contribution in [0.15, 0.2) is 42.7 Å². The Balaban J connectivity index is 1.91. The van der Waals surface area contributed by atoms with Gasteiger partial charge in [-0.3, -0.25) is 9.78 Å². The number of carbonyl (C=O) groups is 1. The highest BCUT2D eigenvalue weighted by Crippen LogP contribution is 2.11. The molecule has 2 aromatic rings. The van der Waals surface area contributed by atoms with Crippen LogP contribution < -0.4 is 10.6 Å². The van der Waals surface area contributed by atoms with Gasteiger partial charge in [0, 0.05) is 37.6 Å². The van der Waals surface area contributed by atoms with E-state index in [2.05, 4.69) is 27.5 Å². The van der Waals surface area contributed by atoms with Crippen LogP contribution in [-0.4, -0.2) is 29.0 Å². The molecule has 5 nitrogen and oxygen atoms in total. The third kappa shape index (κ3) is 4.56. The molecule has 21 heavy (non-hydrogen) atoms. The van der Waals surface area contributed by atoms with Gasteiger partial charge in [-0.1, -0.05) is 13.0 Å². The van der Waals surface area contributed by atoms with Crippen molar-refractivity contribution in [2.75, 3.05) is 18.4 Å². The summed E-state index contributed by atoms with van der Waals surface area (Å²) in [5.41, 5.74) is 1.54. The number of carbonyl (C=O) groups excluding carboxylic acids is 1. The summed E-state index contributed by atoms with van der Waals surface area (Å²) in [5.74, 6) is 0.521. The molecule has 0 saturated heterocycles. The van der Waals surface area contributed by atoms with Crippen molar-refractivity contribution >= 4 is 11.7 Å². The molecule has 2 N–H and O–H groups in total. The predicted molar refractivity (Wildman–Crippen MR) is 83.3 cm³/mol. The van der Waals surface area contributed by atoms with Crippen molar-refractivity contribution in [2.45, 2.75) is 19.8 Å². The van der Waals surface area contributed by atoms with Gasteiger partial charge in [0.25, 0.3) is 5.91 Å². The van der Waals surface area contributed by atoms with Gasteiger partial charge < -0.3 is 10.6 Å². The lowest BCUT2D eigenvalue weighted by Gasteiger charge is -2.10. The molecule has 2 aromatic heterocycles. The van der Waals surface area contributed by atoms with E-state index in [0.717, 1.165) is 18.7 Å². The lowest BCUT2D eigenvalue weighted by atomic mass is 10.2. The molecule has 5 heteroatoms. The summed E-state index contributed by atoms with van der Waals surface area (Å²) in [6.45, 7) is 3.42. The quantitative estimate of drug-likeness (QED) is 0.818. The second-order valence-corrected chi connectivity index (χ2v) is 4.65. The molecular weight excluding hydrogens is 264 g/mol. The fourth-order valence-corrected chi connectivity index (χ4v) is 1.92. The summed E-state index contributed by atoms with van der Waals surface area (Å²) in [5, 5.41) is 6.07. The molecule has 0 radical (unpaired) electrons. The van der Waals surface area contributed by atoms with E-state index < -0.39 is 0 Å². The van der Waals surface area contributed by atoms with Gasteiger partial charge in [0.15, 0.2) is 0 Å². The predicted octanol–water partition coefficient (Wildman–Crippen LogP) is 2.27. The van der Waals surface area contributed by atoms with Gasteiger partial charge in [-0.25, -0.2) is 4.98 Å². The van der Waals surface area contributed by atoms with E-state index in [1.54, 1.807) is 24.5 Å². The molecular formula is C16H20N4O. The first-order chi connectivity index (χ1) is 10.3. The van der Waals surface area contributed by atoms with Gasteiger partial charge >= 0.3 is 0 Å². The van der Waals surface area contributed by atoms with Gasteiger partial charge in [0.2, 0.25) is 0 Å². The first-order valence-corrected chi connectivity index (χ1v) is 7.18. The molecule has 0 atom stereocenters. The summed E-state index contributed by atoms with van der Waals surface area (Å²) in [7, 11) is 0. The van der Waals surface area contributed by atoms with Crippen LogP contribution in [0.4, 0.5) is 5.82 Å². The van der Waals surface area contributed by atoms with E-state index in [0.29, 0.717) is 24.3 Å². The highest BCUT2D eigenvalue weighted by molar-refractivity contribution is 5.98. The molecule has 0 aliphatic rings. The van der Waals surface area contributed by atoms with Crippen molar-refractivity contribution in [3.8, 4) is 0 Å². The summed E-state index contributed by atoms with van der Waals surface area (Å²) in [6, 6.07) is 9.32. The second kappa shape index (κ2) is 7.99. The average molecular weight is 284 g/mol. The number of amides is 1. The highest BCUT2D eigenvalue weighted by atomic mass is 16.1. The van der Waals surface area contributed by atoms with Gasteiger partial charge in [0.05, 0.1) is 5.56 Å². The minimum absolute atomic E-state index is 0.113. The van der Waals surface area contributed by atoms with Crippen LogP contribution in [0.3, 0.4) is 0 Å². The monoisotopic (exact) mass is 284 g/mol. The summed E-state index contributed by atoms with van der Waals surface area (Å²) in [6.07, 6.45) is 5.13. The molecule has 0 aliphatic carbocycles. The summed E-state index contributed by atoms with van der Waals surface area (Å²) >= 11 is 0. The lowest BCUT2D eigenvalue weighted by Crippen LogP contribution is -2.27. The third-order valence-electron chi connectivity index (χ3n) is 2.99. The van der Waals surface area contributed by atoms with E-state index in [9.17, 15) is 4.79 Å². The Morgan fingerprint density at radius 2 is 1.95 bits per heavy atom. The van der Waals surface area contributed by atoms with E-state index in [-0.39, 0.29) is 5.91 Å². The molecule has 0 saturated carbocycles. The maximum Gasteiger partial charge on any atom is 0.255 e. The zero-order valence-corrected chi connectivity index (χ0v) is 12.2. The Kier molecular flexibility index (Phi) is 5.70. The van der Waals surface area contributed by atoms with E-state index >= 15 is 0 Å². The number of pyridine rings is 2. The second-order valence-electron chi connectivity index (χ2n) is 4.65. The van der Waals surface area contributed by atoms with Gasteiger partial charge in [0.1, 0.15) is 5.82 Å². The maximum absolute atomic E-state index is 12.2. The first kappa shape index (κ1) is 15.0. The number of rotatable bonds is 7. The largest absolute Gasteiger partial charge is 0.369 e.